The third-order valence-electron chi connectivity index (χ3n) is 1.91. The molecule has 0 radical (unpaired) electrons. The number of hydrogen-bond acceptors (Lipinski definition) is 1. The molecule has 0 spiro atoms. The van der Waals surface area contributed by atoms with Crippen LogP contribution in [0.4, 0.5) is 13.2 Å². The van der Waals surface area contributed by atoms with Crippen LogP contribution in [-0.4, -0.2) is 4.98 Å². The Kier molecular flexibility index (Phi) is 6.23. The summed E-state index contributed by atoms with van der Waals surface area (Å²) in [7, 11) is 0. The Morgan fingerprint density at radius 2 is 2.00 bits per heavy atom. The van der Waals surface area contributed by atoms with Gasteiger partial charge in [-0.2, -0.15) is 20.1 Å². The Morgan fingerprint density at radius 3 is 2.40 bits per heavy atom. The van der Waals surface area contributed by atoms with Crippen LogP contribution in [0, 0.1) is 53.7 Å². The summed E-state index contributed by atoms with van der Waals surface area (Å²) in [6.07, 6.45) is -0.954. The van der Waals surface area contributed by atoms with E-state index in [2.05, 4.69) is 4.98 Å². The summed E-state index contributed by atoms with van der Waals surface area (Å²) >= 11 is 0. The monoisotopic (exact) mass is 354 g/mol. The van der Waals surface area contributed by atoms with Crippen molar-refractivity contribution in [1.82, 2.24) is 4.98 Å². The van der Waals surface area contributed by atoms with E-state index in [-0.39, 0.29) is 40.4 Å². The Labute approximate surface area is 120 Å². The van der Waals surface area contributed by atoms with Crippen LogP contribution in [0.3, 0.4) is 0 Å². The van der Waals surface area contributed by atoms with Crippen LogP contribution < -0.4 is 0 Å². The molecular weight excluding hydrogens is 341 g/mol. The van der Waals surface area contributed by atoms with E-state index >= 15 is 0 Å². The van der Waals surface area contributed by atoms with E-state index in [1.165, 1.54) is 0 Å². The number of rotatable bonds is 2. The smallest absolute Gasteiger partial charge is 0.326 e. The predicted molar refractivity (Wildman–Crippen MR) is 47.7 cm³/mol. The quantitative estimate of drug-likeness (QED) is 0.745. The zero-order chi connectivity index (χ0) is 10.8. The third-order valence-corrected chi connectivity index (χ3v) is 1.91. The molecule has 0 atom stereocenters. The van der Waals surface area contributed by atoms with Crippen LogP contribution in [0.1, 0.15) is 23.7 Å². The molecule has 0 saturated heterocycles. The average Bonchev–Trinajstić information content (AvgIpc) is 2.07. The van der Waals surface area contributed by atoms with Gasteiger partial charge in [0.1, 0.15) is 0 Å². The van der Waals surface area contributed by atoms with Gasteiger partial charge in [0, 0.05) is 52.3 Å². The minimum atomic E-state index is -4.30. The molecule has 0 aliphatic heterocycles. The number of pyridine rings is 1. The van der Waals surface area contributed by atoms with Gasteiger partial charge in [-0.1, -0.05) is 0 Å². The number of nitrogens with zero attached hydrogens (tertiary/aromatic N) is 1. The molecule has 0 unspecified atom stereocenters. The van der Waals surface area contributed by atoms with Crippen molar-refractivity contribution < 1.29 is 53.6 Å². The molecule has 0 bridgehead atoms. The van der Waals surface area contributed by atoms with Crippen molar-refractivity contribution in [3.8, 4) is 0 Å². The first-order valence-electron chi connectivity index (χ1n) is 4.25. The topological polar surface area (TPSA) is 12.9 Å². The minimum absolute atomic E-state index is 0. The number of aromatic nitrogens is 1. The molecule has 5 heteroatoms. The molecule has 1 aromatic heterocycles. The van der Waals surface area contributed by atoms with Gasteiger partial charge in [0.25, 0.3) is 0 Å². The molecule has 1 nitrogen and oxygen atoms in total. The molecule has 0 saturated carbocycles. The molecule has 0 N–H and O–H groups in total. The van der Waals surface area contributed by atoms with Crippen molar-refractivity contribution in [1.29, 1.82) is 0 Å². The SMILES string of the molecule is C[CH-]Cc1ncc(C(F)(F)F)cc1C.[Sm]. The van der Waals surface area contributed by atoms with Crippen molar-refractivity contribution in [2.75, 3.05) is 0 Å². The Bertz CT molecular complexity index is 323. The van der Waals surface area contributed by atoms with Gasteiger partial charge < -0.3 is 6.42 Å². The Hall–Kier alpha value is 0.278. The molecule has 15 heavy (non-hydrogen) atoms. The number of halogens is 3. The summed E-state index contributed by atoms with van der Waals surface area (Å²) in [5.41, 5.74) is 0.591. The second-order valence-electron chi connectivity index (χ2n) is 3.10. The number of hydrogen-bond donors (Lipinski definition) is 0. The van der Waals surface area contributed by atoms with E-state index in [1.807, 2.05) is 13.3 Å². The first-order chi connectivity index (χ1) is 6.45. The van der Waals surface area contributed by atoms with Crippen LogP contribution in [-0.2, 0) is 12.6 Å². The first kappa shape index (κ1) is 15.3. The van der Waals surface area contributed by atoms with Gasteiger partial charge in [0.2, 0.25) is 0 Å². The van der Waals surface area contributed by atoms with Crippen molar-refractivity contribution in [3.63, 3.8) is 0 Å². The van der Waals surface area contributed by atoms with E-state index in [1.54, 1.807) is 6.92 Å². The maximum Gasteiger partial charge on any atom is 0.417 e. The van der Waals surface area contributed by atoms with Gasteiger partial charge in [-0.15, -0.1) is 6.42 Å². The van der Waals surface area contributed by atoms with Crippen LogP contribution in [0.5, 0.6) is 0 Å². The van der Waals surface area contributed by atoms with Crippen molar-refractivity contribution >= 4 is 0 Å². The minimum Gasteiger partial charge on any atom is -0.326 e. The largest absolute Gasteiger partial charge is 0.417 e. The summed E-state index contributed by atoms with van der Waals surface area (Å²) in [4.78, 5) is 3.78. The van der Waals surface area contributed by atoms with Crippen molar-refractivity contribution in [3.05, 3.63) is 35.5 Å². The molecule has 0 fully saturated rings. The molecule has 0 aromatic carbocycles. The molecule has 0 amide bonds. The summed E-state index contributed by atoms with van der Waals surface area (Å²) in [6, 6.07) is 1.13. The van der Waals surface area contributed by atoms with E-state index in [9.17, 15) is 13.2 Å². The van der Waals surface area contributed by atoms with E-state index in [0.29, 0.717) is 17.7 Å². The van der Waals surface area contributed by atoms with Gasteiger partial charge in [-0.25, -0.2) is 0 Å². The van der Waals surface area contributed by atoms with Crippen molar-refractivity contribution in [2.45, 2.75) is 26.4 Å². The fraction of sp³-hybridized carbons (Fsp3) is 0.400. The first-order valence-corrected chi connectivity index (χ1v) is 4.25. The van der Waals surface area contributed by atoms with Crippen molar-refractivity contribution in [2.24, 2.45) is 0 Å². The summed E-state index contributed by atoms with van der Waals surface area (Å²) in [5.74, 6) is 0. The molecule has 0 aliphatic rings. The zero-order valence-electron chi connectivity index (χ0n) is 8.43. The molecule has 84 valence electrons. The fourth-order valence-electron chi connectivity index (χ4n) is 1.17. The summed E-state index contributed by atoms with van der Waals surface area (Å²) in [6.45, 7) is 3.49. The van der Waals surface area contributed by atoms with Gasteiger partial charge in [-0.05, 0) is 18.6 Å². The molecule has 0 aliphatic carbocycles. The van der Waals surface area contributed by atoms with E-state index < -0.39 is 11.7 Å². The van der Waals surface area contributed by atoms with Gasteiger partial charge in [0.15, 0.2) is 0 Å². The summed E-state index contributed by atoms with van der Waals surface area (Å²) < 4.78 is 36.7. The Balaban J connectivity index is 0.00000196. The summed E-state index contributed by atoms with van der Waals surface area (Å²) in [5, 5.41) is 0. The Morgan fingerprint density at radius 1 is 1.40 bits per heavy atom. The van der Waals surface area contributed by atoms with Gasteiger partial charge >= 0.3 is 6.18 Å². The maximum atomic E-state index is 12.2. The third kappa shape index (κ3) is 4.34. The standard InChI is InChI=1S/C10H11F3N.Sm/c1-3-4-9-7(2)5-8(6-14-9)10(11,12)13;/h3,5-6H,4H2,1-2H3;/q-1;. The zero-order valence-corrected chi connectivity index (χ0v) is 11.0. The van der Waals surface area contributed by atoms with Gasteiger partial charge in [0.05, 0.1) is 5.56 Å². The van der Waals surface area contributed by atoms with Crippen LogP contribution in [0.2, 0.25) is 0 Å². The van der Waals surface area contributed by atoms with Crippen LogP contribution >= 0.6 is 0 Å². The van der Waals surface area contributed by atoms with E-state index in [4.69, 9.17) is 0 Å². The predicted octanol–water partition coefficient (Wildman–Crippen LogP) is 3.18. The molecule has 1 aromatic rings. The molecule has 1 heterocycles. The second kappa shape index (κ2) is 6.12. The average molecular weight is 353 g/mol. The number of aryl methyl sites for hydroxylation is 1. The molecular formula is C10H11F3NSm-. The van der Waals surface area contributed by atoms with E-state index in [0.717, 1.165) is 12.3 Å². The van der Waals surface area contributed by atoms with Crippen LogP contribution in [0.25, 0.3) is 0 Å². The fourth-order valence-corrected chi connectivity index (χ4v) is 1.17. The molecule has 1 rings (SSSR count). The normalized spacial score (nSPS) is 11.0. The second-order valence-corrected chi connectivity index (χ2v) is 3.10. The number of alkyl halides is 3. The maximum absolute atomic E-state index is 12.2. The van der Waals surface area contributed by atoms with Crippen LogP contribution in [0.15, 0.2) is 12.3 Å². The van der Waals surface area contributed by atoms with Gasteiger partial charge in [-0.3, -0.25) is 4.98 Å².